The van der Waals surface area contributed by atoms with Crippen molar-refractivity contribution in [3.8, 4) is 0 Å². The van der Waals surface area contributed by atoms with Gasteiger partial charge in [-0.3, -0.25) is 14.5 Å². The zero-order valence-electron chi connectivity index (χ0n) is 22.2. The molecule has 2 saturated carbocycles. The molecule has 40 heavy (non-hydrogen) atoms. The molecule has 0 atom stereocenters. The topological polar surface area (TPSA) is 114 Å². The van der Waals surface area contributed by atoms with Gasteiger partial charge in [0.25, 0.3) is 5.91 Å². The molecule has 0 spiro atoms. The minimum atomic E-state index is -4.13. The van der Waals surface area contributed by atoms with Crippen molar-refractivity contribution in [2.75, 3.05) is 5.75 Å². The van der Waals surface area contributed by atoms with Gasteiger partial charge in [0.1, 0.15) is 0 Å². The Balaban J connectivity index is 1.30. The smallest absolute Gasteiger partial charge is 0.391 e. The first-order chi connectivity index (χ1) is 19.0. The molecule has 8 nitrogen and oxygen atoms in total. The maximum atomic E-state index is 13.1. The van der Waals surface area contributed by atoms with E-state index in [0.717, 1.165) is 23.9 Å². The summed E-state index contributed by atoms with van der Waals surface area (Å²) in [5.41, 5.74) is 2.84. The van der Waals surface area contributed by atoms with Crippen LogP contribution in [0.5, 0.6) is 0 Å². The zero-order valence-corrected chi connectivity index (χ0v) is 23.1. The minimum absolute atomic E-state index is 0.00157. The van der Waals surface area contributed by atoms with Crippen LogP contribution < -0.4 is 5.32 Å². The van der Waals surface area contributed by atoms with E-state index >= 15 is 0 Å². The summed E-state index contributed by atoms with van der Waals surface area (Å²) in [4.78, 5) is 17.2. The lowest BCUT2D eigenvalue weighted by atomic mass is 9.81. The van der Waals surface area contributed by atoms with E-state index in [0.29, 0.717) is 47.6 Å². The summed E-state index contributed by atoms with van der Waals surface area (Å²) >= 11 is 0. The van der Waals surface area contributed by atoms with E-state index in [1.54, 1.807) is 12.1 Å². The van der Waals surface area contributed by atoms with Crippen molar-refractivity contribution in [1.29, 1.82) is 0 Å². The maximum absolute atomic E-state index is 13.1. The molecule has 2 aliphatic carbocycles. The molecule has 3 aromatic rings. The highest BCUT2D eigenvalue weighted by atomic mass is 32.2. The number of hydrogen-bond acceptors (Lipinski definition) is 6. The van der Waals surface area contributed by atoms with Crippen molar-refractivity contribution in [3.05, 3.63) is 53.0 Å². The van der Waals surface area contributed by atoms with Crippen LogP contribution in [-0.2, 0) is 29.5 Å². The number of nitrogens with one attached hydrogen (secondary N) is 1. The van der Waals surface area contributed by atoms with Crippen LogP contribution in [0.15, 0.2) is 35.4 Å². The number of fused-ring (bicyclic) bond motifs is 1. The fourth-order valence-electron chi connectivity index (χ4n) is 5.55. The Morgan fingerprint density at radius 1 is 1.12 bits per heavy atom. The van der Waals surface area contributed by atoms with Crippen molar-refractivity contribution in [2.45, 2.75) is 82.1 Å². The van der Waals surface area contributed by atoms with E-state index in [1.807, 2.05) is 10.7 Å². The van der Waals surface area contributed by atoms with Crippen LogP contribution in [-0.4, -0.2) is 46.1 Å². The van der Waals surface area contributed by atoms with Gasteiger partial charge in [-0.25, -0.2) is 8.42 Å². The van der Waals surface area contributed by atoms with Crippen LogP contribution in [0.25, 0.3) is 10.9 Å². The lowest BCUT2D eigenvalue weighted by Gasteiger charge is -2.30. The Hall–Kier alpha value is -2.99. The largest absolute Gasteiger partial charge is 0.392 e. The number of pyridine rings is 1. The molecule has 2 heterocycles. The molecule has 0 aliphatic heterocycles. The summed E-state index contributed by atoms with van der Waals surface area (Å²) < 4.78 is 65.5. The van der Waals surface area contributed by atoms with Crippen molar-refractivity contribution in [1.82, 2.24) is 20.1 Å². The number of sulfone groups is 1. The first-order valence-electron chi connectivity index (χ1n) is 13.7. The van der Waals surface area contributed by atoms with E-state index in [4.69, 9.17) is 5.10 Å². The SMILES string of the molecule is CCS(=O)(=O)c1cnc(CNC(=O)c2ccc3c(C4CC4)n(C[C@H]4CC[C@H](C(F)(F)F)CC4)nc3c2)c(CO)c1. The van der Waals surface area contributed by atoms with Gasteiger partial charge < -0.3 is 10.4 Å². The summed E-state index contributed by atoms with van der Waals surface area (Å²) in [6, 6.07) is 6.69. The summed E-state index contributed by atoms with van der Waals surface area (Å²) in [6.45, 7) is 1.68. The average molecular weight is 579 g/mol. The Bertz CT molecular complexity index is 1510. The highest BCUT2D eigenvalue weighted by Crippen LogP contribution is 2.45. The third kappa shape index (κ3) is 6.02. The third-order valence-corrected chi connectivity index (χ3v) is 9.81. The molecule has 5 rings (SSSR count). The van der Waals surface area contributed by atoms with Gasteiger partial charge in [0.2, 0.25) is 0 Å². The summed E-state index contributed by atoms with van der Waals surface area (Å²) in [6.07, 6.45) is 0.541. The summed E-state index contributed by atoms with van der Waals surface area (Å²) in [5, 5.41) is 18.2. The summed E-state index contributed by atoms with van der Waals surface area (Å²) in [7, 11) is -3.48. The number of carbonyl (C=O) groups excluding carboxylic acids is 1. The fraction of sp³-hybridized carbons (Fsp3) is 0.536. The van der Waals surface area contributed by atoms with Gasteiger partial charge in [-0.1, -0.05) is 13.0 Å². The monoisotopic (exact) mass is 578 g/mol. The molecule has 2 N–H and O–H groups in total. The molecule has 0 saturated heterocycles. The van der Waals surface area contributed by atoms with Gasteiger partial charge >= 0.3 is 6.18 Å². The minimum Gasteiger partial charge on any atom is -0.392 e. The number of hydrogen-bond donors (Lipinski definition) is 2. The molecule has 0 radical (unpaired) electrons. The molecule has 0 unspecified atom stereocenters. The molecule has 0 bridgehead atoms. The van der Waals surface area contributed by atoms with Gasteiger partial charge in [0.15, 0.2) is 9.84 Å². The van der Waals surface area contributed by atoms with E-state index in [2.05, 4.69) is 10.3 Å². The Morgan fingerprint density at radius 2 is 1.85 bits per heavy atom. The first kappa shape index (κ1) is 28.5. The van der Waals surface area contributed by atoms with Gasteiger partial charge in [-0.2, -0.15) is 18.3 Å². The van der Waals surface area contributed by atoms with E-state index in [1.165, 1.54) is 19.2 Å². The number of aliphatic hydroxyl groups is 1. The molecular weight excluding hydrogens is 545 g/mol. The molecular formula is C28H33F3N4O4S. The maximum Gasteiger partial charge on any atom is 0.391 e. The Morgan fingerprint density at radius 3 is 2.48 bits per heavy atom. The van der Waals surface area contributed by atoms with E-state index in [-0.39, 0.29) is 41.9 Å². The number of nitrogens with zero attached hydrogens (tertiary/aromatic N) is 3. The summed E-state index contributed by atoms with van der Waals surface area (Å²) in [5.74, 6) is -1.16. The molecule has 1 amide bonds. The predicted molar refractivity (Wildman–Crippen MR) is 142 cm³/mol. The highest BCUT2D eigenvalue weighted by Gasteiger charge is 2.41. The first-order valence-corrected chi connectivity index (χ1v) is 15.3. The Labute approximate surface area is 230 Å². The van der Waals surface area contributed by atoms with E-state index in [9.17, 15) is 31.5 Å². The lowest BCUT2D eigenvalue weighted by molar-refractivity contribution is -0.184. The predicted octanol–water partition coefficient (Wildman–Crippen LogP) is 4.89. The van der Waals surface area contributed by atoms with Gasteiger partial charge in [-0.05, 0) is 62.6 Å². The van der Waals surface area contributed by atoms with Crippen LogP contribution in [0.1, 0.15) is 78.7 Å². The Kier molecular flexibility index (Phi) is 7.93. The molecule has 2 aliphatic rings. The van der Waals surface area contributed by atoms with Crippen molar-refractivity contribution >= 4 is 26.6 Å². The number of amides is 1. The number of carbonyl (C=O) groups is 1. The number of alkyl halides is 3. The van der Waals surface area contributed by atoms with Gasteiger partial charge in [0, 0.05) is 40.9 Å². The number of aromatic nitrogens is 3. The second-order valence-corrected chi connectivity index (χ2v) is 13.1. The van der Waals surface area contributed by atoms with Gasteiger partial charge in [0.05, 0.1) is 40.9 Å². The van der Waals surface area contributed by atoms with Crippen LogP contribution in [0.4, 0.5) is 13.2 Å². The quantitative estimate of drug-likeness (QED) is 0.374. The van der Waals surface area contributed by atoms with Crippen molar-refractivity contribution in [3.63, 3.8) is 0 Å². The number of halogens is 3. The van der Waals surface area contributed by atoms with Crippen LogP contribution in [0.2, 0.25) is 0 Å². The van der Waals surface area contributed by atoms with E-state index < -0.39 is 28.5 Å². The zero-order chi connectivity index (χ0) is 28.7. The van der Waals surface area contributed by atoms with Crippen LogP contribution in [0.3, 0.4) is 0 Å². The fourth-order valence-corrected chi connectivity index (χ4v) is 6.42. The molecule has 1 aromatic carbocycles. The second-order valence-electron chi connectivity index (χ2n) is 10.9. The van der Waals surface area contributed by atoms with Crippen molar-refractivity contribution < 1.29 is 31.5 Å². The average Bonchev–Trinajstić information content (AvgIpc) is 3.71. The normalized spacial score (nSPS) is 20.1. The third-order valence-electron chi connectivity index (χ3n) is 8.11. The van der Waals surface area contributed by atoms with Crippen LogP contribution >= 0.6 is 0 Å². The van der Waals surface area contributed by atoms with Crippen LogP contribution in [0, 0.1) is 11.8 Å². The number of aliphatic hydroxyl groups excluding tert-OH is 1. The van der Waals surface area contributed by atoms with Gasteiger partial charge in [-0.15, -0.1) is 0 Å². The molecule has 216 valence electrons. The molecule has 2 aromatic heterocycles. The standard InChI is InChI=1S/C28H33F3N4O4S/c1-2-40(38,39)22-11-20(16-36)25(32-13-22)14-33-27(37)19-7-10-23-24(12-19)34-35(26(23)18-5-6-18)15-17-3-8-21(9-4-17)28(29,30)31/h7,10-13,17-18,21,36H,2-6,8-9,14-16H2,1H3,(H,33,37)/t17-,21-. The number of rotatable bonds is 9. The molecule has 12 heteroatoms. The second kappa shape index (κ2) is 11.1. The molecule has 2 fully saturated rings. The lowest BCUT2D eigenvalue weighted by Crippen LogP contribution is -2.29. The number of benzene rings is 1. The highest BCUT2D eigenvalue weighted by molar-refractivity contribution is 7.91. The van der Waals surface area contributed by atoms with Crippen molar-refractivity contribution in [2.24, 2.45) is 11.8 Å².